The predicted octanol–water partition coefficient (Wildman–Crippen LogP) is 1.11. The summed E-state index contributed by atoms with van der Waals surface area (Å²) in [4.78, 5) is 3.90. The number of nitrogens with one attached hydrogen (secondary N) is 1. The van der Waals surface area contributed by atoms with E-state index >= 15 is 0 Å². The van der Waals surface area contributed by atoms with E-state index < -0.39 is 0 Å². The van der Waals surface area contributed by atoms with Crippen LogP contribution in [0.2, 0.25) is 0 Å². The summed E-state index contributed by atoms with van der Waals surface area (Å²) in [5, 5.41) is 2.90. The number of hydrogen-bond acceptors (Lipinski definition) is 4. The van der Waals surface area contributed by atoms with Crippen molar-refractivity contribution < 1.29 is 13.9 Å². The van der Waals surface area contributed by atoms with Crippen molar-refractivity contribution in [2.75, 3.05) is 20.3 Å². The largest absolute Gasteiger partial charge is 0.470 e. The van der Waals surface area contributed by atoms with Gasteiger partial charge < -0.3 is 14.8 Å². The van der Waals surface area contributed by atoms with E-state index in [-0.39, 0.29) is 17.8 Å². The molecule has 0 radical (unpaired) electrons. The van der Waals surface area contributed by atoms with Gasteiger partial charge in [-0.25, -0.2) is 9.37 Å². The molecule has 1 atom stereocenters. The lowest BCUT2D eigenvalue weighted by molar-refractivity contribution is 0.134. The molecule has 1 aromatic rings. The highest BCUT2D eigenvalue weighted by Crippen LogP contribution is 2.20. The maximum absolute atomic E-state index is 13.8. The van der Waals surface area contributed by atoms with Gasteiger partial charge in [0.15, 0.2) is 5.82 Å². The van der Waals surface area contributed by atoms with Gasteiger partial charge in [-0.15, -0.1) is 0 Å². The molecule has 88 valence electrons. The second kappa shape index (κ2) is 5.23. The molecule has 1 aromatic heterocycles. The van der Waals surface area contributed by atoms with Gasteiger partial charge in [0.2, 0.25) is 0 Å². The lowest BCUT2D eigenvalue weighted by Crippen LogP contribution is -2.18. The predicted molar refractivity (Wildman–Crippen MR) is 56.8 cm³/mol. The summed E-state index contributed by atoms with van der Waals surface area (Å²) >= 11 is 0. The van der Waals surface area contributed by atoms with E-state index in [0.717, 1.165) is 6.42 Å². The van der Waals surface area contributed by atoms with E-state index in [0.29, 0.717) is 25.3 Å². The van der Waals surface area contributed by atoms with Gasteiger partial charge in [-0.2, -0.15) is 0 Å². The summed E-state index contributed by atoms with van der Waals surface area (Å²) < 4.78 is 24.5. The average Bonchev–Trinajstić information content (AvgIpc) is 2.77. The Morgan fingerprint density at radius 2 is 2.56 bits per heavy atom. The van der Waals surface area contributed by atoms with Gasteiger partial charge in [-0.3, -0.25) is 0 Å². The minimum Gasteiger partial charge on any atom is -0.470 e. The van der Waals surface area contributed by atoms with Crippen LogP contribution in [0.15, 0.2) is 12.3 Å². The van der Waals surface area contributed by atoms with E-state index in [1.807, 2.05) is 0 Å². The van der Waals surface area contributed by atoms with Crippen molar-refractivity contribution in [2.45, 2.75) is 19.1 Å². The Morgan fingerprint density at radius 3 is 3.25 bits per heavy atom. The summed E-state index contributed by atoms with van der Waals surface area (Å²) in [5.41, 5.74) is 0.561. The van der Waals surface area contributed by atoms with Gasteiger partial charge in [-0.1, -0.05) is 0 Å². The lowest BCUT2D eigenvalue weighted by Gasteiger charge is -2.12. The number of aromatic nitrogens is 1. The molecule has 4 nitrogen and oxygen atoms in total. The molecule has 0 aromatic carbocycles. The first-order chi connectivity index (χ1) is 7.81. The third-order valence-corrected chi connectivity index (χ3v) is 2.47. The molecule has 0 bridgehead atoms. The highest BCUT2D eigenvalue weighted by atomic mass is 19.1. The topological polar surface area (TPSA) is 43.4 Å². The van der Waals surface area contributed by atoms with E-state index in [2.05, 4.69) is 10.3 Å². The zero-order valence-corrected chi connectivity index (χ0v) is 9.20. The van der Waals surface area contributed by atoms with Crippen molar-refractivity contribution in [3.8, 4) is 5.88 Å². The Balaban J connectivity index is 2.10. The molecule has 1 aliphatic heterocycles. The standard InChI is InChI=1S/C11H15FN2O2/c1-13-6-8-2-4-14-11(10(8)12)16-9-3-5-15-7-9/h2,4,9,13H,3,5-7H2,1H3. The van der Waals surface area contributed by atoms with Gasteiger partial charge in [0, 0.05) is 24.7 Å². The van der Waals surface area contributed by atoms with Gasteiger partial charge in [0.05, 0.1) is 13.2 Å². The highest BCUT2D eigenvalue weighted by molar-refractivity contribution is 5.23. The first kappa shape index (κ1) is 11.3. The number of rotatable bonds is 4. The first-order valence-electron chi connectivity index (χ1n) is 5.33. The summed E-state index contributed by atoms with van der Waals surface area (Å²) in [7, 11) is 1.77. The summed E-state index contributed by atoms with van der Waals surface area (Å²) in [5.74, 6) is -0.313. The SMILES string of the molecule is CNCc1ccnc(OC2CCOC2)c1F. The molecule has 0 amide bonds. The quantitative estimate of drug-likeness (QED) is 0.835. The molecule has 1 aliphatic rings. The van der Waals surface area contributed by atoms with Crippen LogP contribution in [-0.2, 0) is 11.3 Å². The van der Waals surface area contributed by atoms with Gasteiger partial charge >= 0.3 is 0 Å². The second-order valence-corrected chi connectivity index (χ2v) is 3.72. The van der Waals surface area contributed by atoms with E-state index in [1.54, 1.807) is 19.3 Å². The maximum atomic E-state index is 13.8. The Morgan fingerprint density at radius 1 is 1.69 bits per heavy atom. The highest BCUT2D eigenvalue weighted by Gasteiger charge is 2.20. The van der Waals surface area contributed by atoms with Crippen LogP contribution in [0.1, 0.15) is 12.0 Å². The molecular weight excluding hydrogens is 211 g/mol. The van der Waals surface area contributed by atoms with Crippen molar-refractivity contribution in [2.24, 2.45) is 0 Å². The van der Waals surface area contributed by atoms with Gasteiger partial charge in [-0.05, 0) is 13.1 Å². The van der Waals surface area contributed by atoms with Crippen molar-refractivity contribution in [3.63, 3.8) is 0 Å². The van der Waals surface area contributed by atoms with Crippen LogP contribution in [0.25, 0.3) is 0 Å². The molecule has 2 heterocycles. The molecule has 0 saturated carbocycles. The Labute approximate surface area is 93.8 Å². The number of ether oxygens (including phenoxy) is 2. The molecule has 16 heavy (non-hydrogen) atoms. The third kappa shape index (κ3) is 2.48. The fourth-order valence-electron chi connectivity index (χ4n) is 1.63. The zero-order valence-electron chi connectivity index (χ0n) is 9.20. The number of pyridine rings is 1. The minimum atomic E-state index is -0.385. The van der Waals surface area contributed by atoms with Crippen molar-refractivity contribution in [3.05, 3.63) is 23.6 Å². The van der Waals surface area contributed by atoms with Crippen LogP contribution < -0.4 is 10.1 Å². The van der Waals surface area contributed by atoms with Crippen molar-refractivity contribution in [1.29, 1.82) is 0 Å². The molecule has 1 unspecified atom stereocenters. The Hall–Kier alpha value is -1.20. The van der Waals surface area contributed by atoms with Crippen LogP contribution in [0, 0.1) is 5.82 Å². The molecule has 1 saturated heterocycles. The van der Waals surface area contributed by atoms with Crippen molar-refractivity contribution >= 4 is 0 Å². The summed E-state index contributed by atoms with van der Waals surface area (Å²) in [6, 6.07) is 1.64. The molecule has 0 aliphatic carbocycles. The fraction of sp³-hybridized carbons (Fsp3) is 0.545. The van der Waals surface area contributed by atoms with Crippen molar-refractivity contribution in [1.82, 2.24) is 10.3 Å². The molecule has 0 spiro atoms. The van der Waals surface area contributed by atoms with Crippen LogP contribution in [0.4, 0.5) is 4.39 Å². The third-order valence-electron chi connectivity index (χ3n) is 2.47. The van der Waals surface area contributed by atoms with E-state index in [4.69, 9.17) is 9.47 Å². The number of nitrogens with zero attached hydrogens (tertiary/aromatic N) is 1. The zero-order chi connectivity index (χ0) is 11.4. The average molecular weight is 226 g/mol. The van der Waals surface area contributed by atoms with Crippen LogP contribution in [0.5, 0.6) is 5.88 Å². The smallest absolute Gasteiger partial charge is 0.251 e. The lowest BCUT2D eigenvalue weighted by atomic mass is 10.2. The molecule has 5 heteroatoms. The Kier molecular flexibility index (Phi) is 3.69. The summed E-state index contributed by atoms with van der Waals surface area (Å²) in [6.45, 7) is 1.64. The minimum absolute atomic E-state index is 0.0725. The normalized spacial score (nSPS) is 20.0. The van der Waals surface area contributed by atoms with Gasteiger partial charge in [0.25, 0.3) is 5.88 Å². The maximum Gasteiger partial charge on any atom is 0.251 e. The summed E-state index contributed by atoms with van der Waals surface area (Å²) in [6.07, 6.45) is 2.27. The first-order valence-corrected chi connectivity index (χ1v) is 5.33. The molecule has 1 fully saturated rings. The number of halogens is 1. The van der Waals surface area contributed by atoms with Crippen LogP contribution >= 0.6 is 0 Å². The molecule has 1 N–H and O–H groups in total. The van der Waals surface area contributed by atoms with E-state index in [1.165, 1.54) is 0 Å². The van der Waals surface area contributed by atoms with E-state index in [9.17, 15) is 4.39 Å². The fourth-order valence-corrected chi connectivity index (χ4v) is 1.63. The monoisotopic (exact) mass is 226 g/mol. The van der Waals surface area contributed by atoms with Gasteiger partial charge in [0.1, 0.15) is 6.10 Å². The molecule has 2 rings (SSSR count). The second-order valence-electron chi connectivity index (χ2n) is 3.72. The molecular formula is C11H15FN2O2. The van der Waals surface area contributed by atoms with Crippen LogP contribution in [-0.4, -0.2) is 31.3 Å². The Bertz CT molecular complexity index is 354. The van der Waals surface area contributed by atoms with Crippen LogP contribution in [0.3, 0.4) is 0 Å². The number of hydrogen-bond donors (Lipinski definition) is 1.